The standard InChI is InChI=1S/C36H41ClN8O7S/c1-8-30(52-31-14-11-22(35(4,5)9-2)15-25(31)36(6,7)10-3)34(47)41-27-17-23(16-26(37)32(27)46)42-43-33-21(19-38)20-40-44(33)28-13-12-24(53(39,50)51)18-29(28)45(48)49/h11-18,20,30,46H,8-10H2,1-7H3,(H,41,47)(H2,39,50,51)/t30-/m1/s1. The van der Waals surface area contributed by atoms with Crippen LogP contribution >= 0.6 is 11.6 Å². The molecule has 4 rings (SSSR count). The monoisotopic (exact) mass is 764 g/mol. The molecule has 15 nitrogen and oxygen atoms in total. The highest BCUT2D eigenvalue weighted by Crippen LogP contribution is 2.41. The van der Waals surface area contributed by atoms with E-state index in [1.54, 1.807) is 6.92 Å². The number of ether oxygens (including phenoxy) is 1. The molecule has 0 aliphatic rings. The third-order valence-corrected chi connectivity index (χ3v) is 10.5. The van der Waals surface area contributed by atoms with Gasteiger partial charge in [-0.05, 0) is 66.0 Å². The van der Waals surface area contributed by atoms with Crippen molar-refractivity contribution in [3.8, 4) is 23.3 Å². The van der Waals surface area contributed by atoms with Gasteiger partial charge in [0.05, 0.1) is 32.4 Å². The Hall–Kier alpha value is -5.37. The van der Waals surface area contributed by atoms with Crippen LogP contribution < -0.4 is 15.2 Å². The largest absolute Gasteiger partial charge is 0.504 e. The number of nitrogens with two attached hydrogens (primary N) is 1. The molecule has 0 aliphatic carbocycles. The van der Waals surface area contributed by atoms with Crippen molar-refractivity contribution >= 4 is 50.4 Å². The highest BCUT2D eigenvalue weighted by molar-refractivity contribution is 7.89. The summed E-state index contributed by atoms with van der Waals surface area (Å²) in [5.74, 6) is -0.677. The number of hydrogen-bond donors (Lipinski definition) is 3. The van der Waals surface area contributed by atoms with Crippen LogP contribution in [0.4, 0.5) is 22.9 Å². The molecule has 0 saturated carbocycles. The van der Waals surface area contributed by atoms with Crippen LogP contribution in [-0.4, -0.2) is 40.2 Å². The number of hydrogen-bond acceptors (Lipinski definition) is 11. The predicted molar refractivity (Wildman–Crippen MR) is 200 cm³/mol. The van der Waals surface area contributed by atoms with Crippen molar-refractivity contribution in [1.29, 1.82) is 5.26 Å². The minimum atomic E-state index is -4.27. The molecule has 4 N–H and O–H groups in total. The Morgan fingerprint density at radius 1 is 1.11 bits per heavy atom. The summed E-state index contributed by atoms with van der Waals surface area (Å²) in [6, 6.07) is 13.4. The number of azo groups is 1. The number of primary sulfonamides is 1. The summed E-state index contributed by atoms with van der Waals surface area (Å²) in [4.78, 5) is 24.2. The molecule has 0 unspecified atom stereocenters. The number of nitrogens with one attached hydrogen (secondary N) is 1. The van der Waals surface area contributed by atoms with E-state index in [4.69, 9.17) is 21.5 Å². The van der Waals surface area contributed by atoms with Gasteiger partial charge < -0.3 is 15.2 Å². The van der Waals surface area contributed by atoms with E-state index >= 15 is 0 Å². The van der Waals surface area contributed by atoms with E-state index in [1.807, 2.05) is 18.2 Å². The topological polar surface area (TPSA) is 228 Å². The summed E-state index contributed by atoms with van der Waals surface area (Å²) in [6.07, 6.45) is 2.19. The van der Waals surface area contributed by atoms with Crippen molar-refractivity contribution in [2.24, 2.45) is 15.4 Å². The molecule has 0 fully saturated rings. The maximum absolute atomic E-state index is 13.6. The molecule has 0 aliphatic heterocycles. The molecule has 3 aromatic carbocycles. The highest BCUT2D eigenvalue weighted by Gasteiger charge is 2.30. The number of sulfonamides is 1. The lowest BCUT2D eigenvalue weighted by molar-refractivity contribution is -0.384. The quantitative estimate of drug-likeness (QED) is 0.0485. The van der Waals surface area contributed by atoms with Gasteiger partial charge in [-0.2, -0.15) is 10.4 Å². The Bertz CT molecular complexity index is 2240. The SMILES string of the molecule is CC[C@@H](Oc1ccc(C(C)(C)CC)cc1C(C)(C)CC)C(=O)Nc1cc(N=Nc2c(C#N)cnn2-c2ccc(S(N)(=O)=O)cc2[N+](=O)[O-])cc(Cl)c1O. The number of nitro benzene ring substituents is 1. The number of carbonyl (C=O) groups is 1. The predicted octanol–water partition coefficient (Wildman–Crippen LogP) is 8.25. The van der Waals surface area contributed by atoms with Crippen molar-refractivity contribution in [2.45, 2.75) is 89.6 Å². The second-order valence-corrected chi connectivity index (χ2v) is 15.5. The molecule has 0 bridgehead atoms. The molecule has 4 aromatic rings. The van der Waals surface area contributed by atoms with Crippen LogP contribution in [0.3, 0.4) is 0 Å². The number of halogens is 1. The first-order valence-electron chi connectivity index (χ1n) is 16.6. The van der Waals surface area contributed by atoms with Gasteiger partial charge in [-0.1, -0.05) is 72.2 Å². The molecule has 1 atom stereocenters. The smallest absolute Gasteiger partial charge is 0.296 e. The fourth-order valence-corrected chi connectivity index (χ4v) is 5.95. The molecule has 1 aromatic heterocycles. The molecule has 1 amide bonds. The third kappa shape index (κ3) is 8.82. The number of nitro groups is 1. The van der Waals surface area contributed by atoms with Gasteiger partial charge in [0.25, 0.3) is 11.6 Å². The van der Waals surface area contributed by atoms with Gasteiger partial charge in [-0.15, -0.1) is 10.2 Å². The first-order valence-corrected chi connectivity index (χ1v) is 18.6. The molecule has 1 heterocycles. The minimum Gasteiger partial charge on any atom is -0.504 e. The molecule has 53 heavy (non-hydrogen) atoms. The van der Waals surface area contributed by atoms with E-state index in [0.29, 0.717) is 12.2 Å². The number of rotatable bonds is 14. The number of benzene rings is 3. The lowest BCUT2D eigenvalue weighted by atomic mass is 9.76. The second kappa shape index (κ2) is 15.7. The van der Waals surface area contributed by atoms with Crippen molar-refractivity contribution in [3.05, 3.63) is 86.6 Å². The Kier molecular flexibility index (Phi) is 12.0. The molecule has 0 radical (unpaired) electrons. The second-order valence-electron chi connectivity index (χ2n) is 13.6. The van der Waals surface area contributed by atoms with E-state index in [0.717, 1.165) is 53.0 Å². The number of nitriles is 1. The van der Waals surface area contributed by atoms with Crippen LogP contribution in [0.15, 0.2) is 69.9 Å². The van der Waals surface area contributed by atoms with Crippen LogP contribution in [-0.2, 0) is 25.6 Å². The zero-order valence-electron chi connectivity index (χ0n) is 30.3. The zero-order chi connectivity index (χ0) is 39.5. The third-order valence-electron chi connectivity index (χ3n) is 9.32. The van der Waals surface area contributed by atoms with Crippen LogP contribution in [0.2, 0.25) is 5.02 Å². The molecule has 0 saturated heterocycles. The lowest BCUT2D eigenvalue weighted by Gasteiger charge is -2.31. The number of phenolic OH excluding ortho intramolecular Hbond substituents is 1. The fourth-order valence-electron chi connectivity index (χ4n) is 5.21. The van der Waals surface area contributed by atoms with E-state index in [2.05, 4.69) is 68.3 Å². The first kappa shape index (κ1) is 40.4. The number of aromatic nitrogens is 2. The number of anilines is 1. The fraction of sp³-hybridized carbons (Fsp3) is 0.361. The molecular formula is C36H41ClN8O7S. The van der Waals surface area contributed by atoms with Crippen LogP contribution in [0.25, 0.3) is 5.69 Å². The molecule has 17 heteroatoms. The van der Waals surface area contributed by atoms with Crippen LogP contribution in [0, 0.1) is 21.4 Å². The number of carbonyl (C=O) groups excluding carboxylic acids is 1. The Labute approximate surface area is 312 Å². The average molecular weight is 765 g/mol. The maximum atomic E-state index is 13.6. The molecule has 0 spiro atoms. The van der Waals surface area contributed by atoms with Gasteiger partial charge in [0.2, 0.25) is 10.0 Å². The summed E-state index contributed by atoms with van der Waals surface area (Å²) >= 11 is 6.31. The van der Waals surface area contributed by atoms with Gasteiger partial charge in [0.1, 0.15) is 23.1 Å². The van der Waals surface area contributed by atoms with E-state index < -0.39 is 43.3 Å². The van der Waals surface area contributed by atoms with Crippen molar-refractivity contribution < 1.29 is 28.0 Å². The summed E-state index contributed by atoms with van der Waals surface area (Å²) in [7, 11) is -4.27. The number of nitrogens with zero attached hydrogens (tertiary/aromatic N) is 6. The highest BCUT2D eigenvalue weighted by atomic mass is 35.5. The van der Waals surface area contributed by atoms with Gasteiger partial charge in [-0.25, -0.2) is 18.2 Å². The first-order chi connectivity index (χ1) is 24.8. The number of phenols is 1. The Morgan fingerprint density at radius 2 is 1.79 bits per heavy atom. The Balaban J connectivity index is 1.68. The summed E-state index contributed by atoms with van der Waals surface area (Å²) < 4.78 is 30.9. The van der Waals surface area contributed by atoms with Gasteiger partial charge >= 0.3 is 0 Å². The van der Waals surface area contributed by atoms with Gasteiger partial charge in [0.15, 0.2) is 17.7 Å². The van der Waals surface area contributed by atoms with Crippen molar-refractivity contribution in [1.82, 2.24) is 9.78 Å². The molecule has 280 valence electrons. The maximum Gasteiger partial charge on any atom is 0.296 e. The van der Waals surface area contributed by atoms with E-state index in [9.17, 15) is 33.7 Å². The Morgan fingerprint density at radius 3 is 2.38 bits per heavy atom. The van der Waals surface area contributed by atoms with E-state index in [-0.39, 0.29) is 44.3 Å². The van der Waals surface area contributed by atoms with Crippen molar-refractivity contribution in [2.75, 3.05) is 5.32 Å². The average Bonchev–Trinajstić information content (AvgIpc) is 3.53. The summed E-state index contributed by atoms with van der Waals surface area (Å²) in [5.41, 5.74) is 0.700. The minimum absolute atomic E-state index is 0.0221. The van der Waals surface area contributed by atoms with Gasteiger partial charge in [0, 0.05) is 11.6 Å². The van der Waals surface area contributed by atoms with Crippen LogP contribution in [0.5, 0.6) is 11.5 Å². The summed E-state index contributed by atoms with van der Waals surface area (Å²) in [6.45, 7) is 14.6. The zero-order valence-corrected chi connectivity index (χ0v) is 31.9. The number of amides is 1. The van der Waals surface area contributed by atoms with Crippen molar-refractivity contribution in [3.63, 3.8) is 0 Å². The van der Waals surface area contributed by atoms with Gasteiger partial charge in [-0.3, -0.25) is 14.9 Å². The normalized spacial score (nSPS) is 12.8. The lowest BCUT2D eigenvalue weighted by Crippen LogP contribution is -2.33. The van der Waals surface area contributed by atoms with Crippen LogP contribution in [0.1, 0.15) is 84.4 Å². The van der Waals surface area contributed by atoms with E-state index in [1.165, 1.54) is 12.1 Å². The molecular weight excluding hydrogens is 724 g/mol. The number of aromatic hydroxyl groups is 1. The summed E-state index contributed by atoms with van der Waals surface area (Å²) in [5, 5.41) is 52.2.